The van der Waals surface area contributed by atoms with Gasteiger partial charge < -0.3 is 10.4 Å². The molecule has 0 saturated heterocycles. The predicted molar refractivity (Wildman–Crippen MR) is 74.8 cm³/mol. The molecule has 1 rings (SSSR count). The van der Waals surface area contributed by atoms with Crippen LogP contribution in [-0.2, 0) is 9.59 Å². The maximum atomic E-state index is 12.1. The largest absolute Gasteiger partial charge is 0.481 e. The molecule has 0 bridgehead atoms. The smallest absolute Gasteiger partial charge is 0.308 e. The van der Waals surface area contributed by atoms with Crippen LogP contribution in [0.2, 0.25) is 0 Å². The summed E-state index contributed by atoms with van der Waals surface area (Å²) in [5.74, 6) is -0.836. The minimum Gasteiger partial charge on any atom is -0.481 e. The molecule has 0 aromatic heterocycles. The summed E-state index contributed by atoms with van der Waals surface area (Å²) in [5.41, 5.74) is -0.576. The zero-order chi connectivity index (χ0) is 14.5. The number of amides is 1. The summed E-state index contributed by atoms with van der Waals surface area (Å²) in [6.45, 7) is 6.06. The zero-order valence-corrected chi connectivity index (χ0v) is 12.4. The van der Waals surface area contributed by atoms with E-state index in [2.05, 4.69) is 19.2 Å². The lowest BCUT2D eigenvalue weighted by atomic mass is 9.73. The first-order chi connectivity index (χ1) is 8.92. The van der Waals surface area contributed by atoms with Crippen LogP contribution in [0, 0.1) is 11.8 Å². The maximum absolute atomic E-state index is 12.1. The van der Waals surface area contributed by atoms with Gasteiger partial charge in [-0.2, -0.15) is 0 Å². The minimum absolute atomic E-state index is 0.00403. The third kappa shape index (κ3) is 4.22. The molecular weight excluding hydrogens is 242 g/mol. The number of nitrogens with one attached hydrogen (secondary N) is 1. The molecule has 2 N–H and O–H groups in total. The van der Waals surface area contributed by atoms with Crippen molar-refractivity contribution in [3.8, 4) is 0 Å². The van der Waals surface area contributed by atoms with Crippen LogP contribution in [0.1, 0.15) is 65.7 Å². The van der Waals surface area contributed by atoms with Gasteiger partial charge in [0.2, 0.25) is 5.91 Å². The summed E-state index contributed by atoms with van der Waals surface area (Å²) in [5, 5.41) is 12.3. The second kappa shape index (κ2) is 6.92. The van der Waals surface area contributed by atoms with Crippen molar-refractivity contribution in [2.45, 2.75) is 71.3 Å². The first-order valence-corrected chi connectivity index (χ1v) is 7.46. The molecule has 110 valence electrons. The fourth-order valence-electron chi connectivity index (χ4n) is 3.09. The second-order valence-corrected chi connectivity index (χ2v) is 5.99. The lowest BCUT2D eigenvalue weighted by Gasteiger charge is -2.40. The number of carbonyl (C=O) groups excluding carboxylic acids is 1. The Morgan fingerprint density at radius 3 is 2.47 bits per heavy atom. The van der Waals surface area contributed by atoms with Crippen molar-refractivity contribution < 1.29 is 14.7 Å². The molecule has 0 aromatic rings. The summed E-state index contributed by atoms with van der Waals surface area (Å²) in [6.07, 6.45) is 5.84. The van der Waals surface area contributed by atoms with Gasteiger partial charge in [0.1, 0.15) is 0 Å². The van der Waals surface area contributed by atoms with Crippen LogP contribution >= 0.6 is 0 Å². The molecule has 4 heteroatoms. The Labute approximate surface area is 116 Å². The van der Waals surface area contributed by atoms with Gasteiger partial charge in [0.15, 0.2) is 0 Å². The highest BCUT2D eigenvalue weighted by molar-refractivity contribution is 5.79. The summed E-state index contributed by atoms with van der Waals surface area (Å²) >= 11 is 0. The molecule has 1 aliphatic carbocycles. The maximum Gasteiger partial charge on any atom is 0.308 e. The van der Waals surface area contributed by atoms with Gasteiger partial charge in [-0.05, 0) is 25.7 Å². The number of carbonyl (C=O) groups is 2. The van der Waals surface area contributed by atoms with Gasteiger partial charge in [0.25, 0.3) is 0 Å². The molecule has 19 heavy (non-hydrogen) atoms. The van der Waals surface area contributed by atoms with Crippen molar-refractivity contribution in [3.05, 3.63) is 0 Å². The van der Waals surface area contributed by atoms with E-state index in [-0.39, 0.29) is 5.91 Å². The van der Waals surface area contributed by atoms with Crippen LogP contribution in [0.4, 0.5) is 0 Å². The molecule has 2 atom stereocenters. The molecule has 1 amide bonds. The van der Waals surface area contributed by atoms with Crippen LogP contribution in [0.15, 0.2) is 0 Å². The van der Waals surface area contributed by atoms with Crippen LogP contribution in [-0.4, -0.2) is 22.5 Å². The summed E-state index contributed by atoms with van der Waals surface area (Å²) in [7, 11) is 0. The average Bonchev–Trinajstić information content (AvgIpc) is 2.35. The summed E-state index contributed by atoms with van der Waals surface area (Å²) in [6, 6.07) is 0. The lowest BCUT2D eigenvalue weighted by molar-refractivity contribution is -0.146. The van der Waals surface area contributed by atoms with E-state index in [0.29, 0.717) is 18.8 Å². The van der Waals surface area contributed by atoms with Crippen molar-refractivity contribution >= 4 is 11.9 Å². The number of carboxylic acid groups (broad SMARTS) is 1. The Morgan fingerprint density at radius 2 is 1.95 bits per heavy atom. The number of carboxylic acids is 1. The number of hydrogen-bond acceptors (Lipinski definition) is 2. The van der Waals surface area contributed by atoms with E-state index in [1.165, 1.54) is 0 Å². The Bertz CT molecular complexity index is 325. The molecule has 2 unspecified atom stereocenters. The van der Waals surface area contributed by atoms with E-state index in [9.17, 15) is 14.7 Å². The average molecular weight is 269 g/mol. The minimum atomic E-state index is -0.787. The normalized spacial score (nSPS) is 27.3. The highest BCUT2D eigenvalue weighted by atomic mass is 16.4. The Hall–Kier alpha value is -1.06. The van der Waals surface area contributed by atoms with Gasteiger partial charge in [-0.3, -0.25) is 9.59 Å². The monoisotopic (exact) mass is 269 g/mol. The highest BCUT2D eigenvalue weighted by Crippen LogP contribution is 2.34. The molecule has 1 saturated carbocycles. The second-order valence-electron chi connectivity index (χ2n) is 5.99. The van der Waals surface area contributed by atoms with Gasteiger partial charge >= 0.3 is 5.97 Å². The predicted octanol–water partition coefficient (Wildman–Crippen LogP) is 2.96. The molecule has 0 heterocycles. The fourth-order valence-corrected chi connectivity index (χ4v) is 3.09. The number of hydrogen-bond donors (Lipinski definition) is 2. The summed E-state index contributed by atoms with van der Waals surface area (Å²) in [4.78, 5) is 23.4. The number of aliphatic carboxylic acids is 1. The molecular formula is C15H27NO3. The van der Waals surface area contributed by atoms with Crippen LogP contribution in [0.3, 0.4) is 0 Å². The first-order valence-electron chi connectivity index (χ1n) is 7.46. The topological polar surface area (TPSA) is 66.4 Å². The Kier molecular flexibility index (Phi) is 5.83. The molecule has 1 fully saturated rings. The van der Waals surface area contributed by atoms with Crippen molar-refractivity contribution in [3.63, 3.8) is 0 Å². The van der Waals surface area contributed by atoms with Crippen LogP contribution in [0.25, 0.3) is 0 Å². The molecule has 0 aromatic carbocycles. The fraction of sp³-hybridized carbons (Fsp3) is 0.867. The SMILES string of the molecule is CCC(CC)CC(=O)NC1(C)CCCCC1C(=O)O. The van der Waals surface area contributed by atoms with Crippen molar-refractivity contribution in [2.75, 3.05) is 0 Å². The van der Waals surface area contributed by atoms with Gasteiger partial charge in [-0.25, -0.2) is 0 Å². The standard InChI is InChI=1S/C15H27NO3/c1-4-11(5-2)10-13(17)16-15(3)9-7-6-8-12(15)14(18)19/h11-12H,4-10H2,1-3H3,(H,16,17)(H,18,19). The van der Waals surface area contributed by atoms with E-state index in [4.69, 9.17) is 0 Å². The number of rotatable bonds is 6. The van der Waals surface area contributed by atoms with Gasteiger partial charge in [0.05, 0.1) is 11.5 Å². The first kappa shape index (κ1) is 16.0. The van der Waals surface area contributed by atoms with E-state index < -0.39 is 17.4 Å². The molecule has 0 aliphatic heterocycles. The third-order valence-corrected chi connectivity index (χ3v) is 4.56. The molecule has 1 aliphatic rings. The molecule has 4 nitrogen and oxygen atoms in total. The lowest BCUT2D eigenvalue weighted by Crippen LogP contribution is -2.55. The van der Waals surface area contributed by atoms with E-state index in [1.807, 2.05) is 6.92 Å². The van der Waals surface area contributed by atoms with Crippen LogP contribution in [0.5, 0.6) is 0 Å². The Balaban J connectivity index is 2.65. The third-order valence-electron chi connectivity index (χ3n) is 4.56. The highest BCUT2D eigenvalue weighted by Gasteiger charge is 2.42. The zero-order valence-electron chi connectivity index (χ0n) is 12.4. The van der Waals surface area contributed by atoms with Crippen molar-refractivity contribution in [1.29, 1.82) is 0 Å². The van der Waals surface area contributed by atoms with E-state index >= 15 is 0 Å². The molecule has 0 spiro atoms. The quantitative estimate of drug-likeness (QED) is 0.779. The molecule has 0 radical (unpaired) electrons. The van der Waals surface area contributed by atoms with Gasteiger partial charge in [-0.1, -0.05) is 39.5 Å². The van der Waals surface area contributed by atoms with Gasteiger partial charge in [0, 0.05) is 6.42 Å². The van der Waals surface area contributed by atoms with Crippen molar-refractivity contribution in [2.24, 2.45) is 11.8 Å². The van der Waals surface area contributed by atoms with E-state index in [1.54, 1.807) is 0 Å². The van der Waals surface area contributed by atoms with Crippen LogP contribution < -0.4 is 5.32 Å². The summed E-state index contributed by atoms with van der Waals surface area (Å²) < 4.78 is 0. The van der Waals surface area contributed by atoms with E-state index in [0.717, 1.165) is 32.1 Å². The Morgan fingerprint density at radius 1 is 1.32 bits per heavy atom. The van der Waals surface area contributed by atoms with Crippen molar-refractivity contribution in [1.82, 2.24) is 5.32 Å². The van der Waals surface area contributed by atoms with Gasteiger partial charge in [-0.15, -0.1) is 0 Å².